The number of carbonyl (C=O) groups excluding carboxylic acids is 2. The molecule has 0 aromatic heterocycles. The second-order valence-corrected chi connectivity index (χ2v) is 7.11. The van der Waals surface area contributed by atoms with Gasteiger partial charge in [0.05, 0.1) is 12.1 Å². The van der Waals surface area contributed by atoms with E-state index >= 15 is 0 Å². The van der Waals surface area contributed by atoms with Gasteiger partial charge in [0.1, 0.15) is 19.0 Å². The summed E-state index contributed by atoms with van der Waals surface area (Å²) < 4.78 is 10.8. The molecular weight excluding hydrogens is 404 g/mol. The van der Waals surface area contributed by atoms with Crippen LogP contribution in [-0.2, 0) is 11.3 Å². The van der Waals surface area contributed by atoms with E-state index < -0.39 is 0 Å². The Morgan fingerprint density at radius 2 is 1.77 bits per heavy atom. The first-order valence-corrected chi connectivity index (χ1v) is 9.80. The van der Waals surface area contributed by atoms with Crippen LogP contribution >= 0.6 is 11.6 Å². The average molecular weight is 423 g/mol. The summed E-state index contributed by atoms with van der Waals surface area (Å²) in [5.41, 5.74) is 2.72. The Hall–Kier alpha value is -3.51. The topological polar surface area (TPSA) is 67.9 Å². The largest absolute Gasteiger partial charge is 0.488 e. The van der Waals surface area contributed by atoms with Crippen LogP contribution in [0.3, 0.4) is 0 Å². The summed E-state index contributed by atoms with van der Waals surface area (Å²) in [5, 5.41) is 3.52. The van der Waals surface area contributed by atoms with Crippen molar-refractivity contribution in [1.82, 2.24) is 0 Å². The standard InChI is InChI=1S/C23H19ClN2O4/c24-17-7-5-16(6-8-17)15-30-21-4-2-1-3-20(21)22(27)25-18-9-11-19(12-10-18)26-13-14-29-23(26)28/h1-12H,13-15H2,(H,25,27). The van der Waals surface area contributed by atoms with Crippen molar-refractivity contribution in [3.63, 3.8) is 0 Å². The van der Waals surface area contributed by atoms with E-state index in [9.17, 15) is 9.59 Å². The quantitative estimate of drug-likeness (QED) is 0.598. The number of para-hydroxylation sites is 1. The second-order valence-electron chi connectivity index (χ2n) is 6.68. The van der Waals surface area contributed by atoms with Crippen LogP contribution in [0.4, 0.5) is 16.2 Å². The van der Waals surface area contributed by atoms with Crippen LogP contribution < -0.4 is 15.0 Å². The fourth-order valence-corrected chi connectivity index (χ4v) is 3.20. The number of carbonyl (C=O) groups is 2. The molecule has 152 valence electrons. The van der Waals surface area contributed by atoms with Gasteiger partial charge in [-0.3, -0.25) is 9.69 Å². The molecule has 0 aliphatic carbocycles. The highest BCUT2D eigenvalue weighted by Gasteiger charge is 2.23. The minimum atomic E-state index is -0.362. The van der Waals surface area contributed by atoms with Gasteiger partial charge in [0.2, 0.25) is 0 Å². The van der Waals surface area contributed by atoms with E-state index in [0.29, 0.717) is 41.8 Å². The van der Waals surface area contributed by atoms with Gasteiger partial charge in [-0.25, -0.2) is 4.79 Å². The van der Waals surface area contributed by atoms with Crippen LogP contribution in [0.5, 0.6) is 5.75 Å². The Morgan fingerprint density at radius 3 is 2.47 bits per heavy atom. The smallest absolute Gasteiger partial charge is 0.414 e. The molecule has 1 aliphatic rings. The Bertz CT molecular complexity index is 1050. The predicted octanol–water partition coefficient (Wildman–Crippen LogP) is 5.13. The van der Waals surface area contributed by atoms with Gasteiger partial charge < -0.3 is 14.8 Å². The fraction of sp³-hybridized carbons (Fsp3) is 0.130. The first-order chi connectivity index (χ1) is 14.6. The predicted molar refractivity (Wildman–Crippen MR) is 115 cm³/mol. The molecule has 3 aromatic carbocycles. The molecule has 0 unspecified atom stereocenters. The average Bonchev–Trinajstić information content (AvgIpc) is 3.20. The van der Waals surface area contributed by atoms with Crippen molar-refractivity contribution in [3.05, 3.63) is 88.9 Å². The van der Waals surface area contributed by atoms with Crippen LogP contribution in [0.1, 0.15) is 15.9 Å². The molecule has 0 atom stereocenters. The summed E-state index contributed by atoms with van der Waals surface area (Å²) in [6.07, 6.45) is -0.362. The van der Waals surface area contributed by atoms with E-state index in [1.807, 2.05) is 18.2 Å². The summed E-state index contributed by atoms with van der Waals surface area (Å²) in [6.45, 7) is 1.22. The normalized spacial score (nSPS) is 13.1. The highest BCUT2D eigenvalue weighted by Crippen LogP contribution is 2.24. The van der Waals surface area contributed by atoms with Crippen molar-refractivity contribution in [2.45, 2.75) is 6.61 Å². The molecule has 1 saturated heterocycles. The molecule has 0 spiro atoms. The van der Waals surface area contributed by atoms with Crippen LogP contribution in [0.2, 0.25) is 5.02 Å². The summed E-state index contributed by atoms with van der Waals surface area (Å²) in [5.74, 6) is 0.205. The maximum atomic E-state index is 12.8. The third-order valence-corrected chi connectivity index (χ3v) is 4.89. The Kier molecular flexibility index (Phi) is 5.86. The lowest BCUT2D eigenvalue weighted by molar-refractivity contribution is 0.102. The number of halogens is 1. The van der Waals surface area contributed by atoms with E-state index in [-0.39, 0.29) is 12.0 Å². The summed E-state index contributed by atoms with van der Waals surface area (Å²) in [6, 6.07) is 21.4. The zero-order valence-electron chi connectivity index (χ0n) is 16.0. The van der Waals surface area contributed by atoms with Crippen LogP contribution in [0.25, 0.3) is 0 Å². The van der Waals surface area contributed by atoms with Gasteiger partial charge in [-0.2, -0.15) is 0 Å². The molecule has 30 heavy (non-hydrogen) atoms. The molecule has 1 aliphatic heterocycles. The number of cyclic esters (lactones) is 1. The van der Waals surface area contributed by atoms with Gasteiger partial charge in [0.25, 0.3) is 5.91 Å². The van der Waals surface area contributed by atoms with Crippen molar-refractivity contribution >= 4 is 35.0 Å². The highest BCUT2D eigenvalue weighted by molar-refractivity contribution is 6.30. The summed E-state index contributed by atoms with van der Waals surface area (Å²) >= 11 is 5.91. The van der Waals surface area contributed by atoms with E-state index in [0.717, 1.165) is 11.3 Å². The van der Waals surface area contributed by atoms with Gasteiger partial charge in [-0.1, -0.05) is 35.9 Å². The lowest BCUT2D eigenvalue weighted by atomic mass is 10.1. The molecule has 1 fully saturated rings. The number of hydrogen-bond acceptors (Lipinski definition) is 4. The third-order valence-electron chi connectivity index (χ3n) is 4.64. The van der Waals surface area contributed by atoms with E-state index in [1.165, 1.54) is 0 Å². The zero-order valence-corrected chi connectivity index (χ0v) is 16.8. The molecule has 0 saturated carbocycles. The van der Waals surface area contributed by atoms with Crippen molar-refractivity contribution in [3.8, 4) is 5.75 Å². The summed E-state index contributed by atoms with van der Waals surface area (Å²) in [4.78, 5) is 26.0. The van der Waals surface area contributed by atoms with Crippen LogP contribution in [0, 0.1) is 0 Å². The number of ether oxygens (including phenoxy) is 2. The first kappa shape index (κ1) is 19.8. The second kappa shape index (κ2) is 8.88. The minimum Gasteiger partial charge on any atom is -0.488 e. The van der Waals surface area contributed by atoms with E-state index in [1.54, 1.807) is 59.5 Å². The first-order valence-electron chi connectivity index (χ1n) is 9.42. The molecule has 1 N–H and O–H groups in total. The Morgan fingerprint density at radius 1 is 1.03 bits per heavy atom. The van der Waals surface area contributed by atoms with Crippen LogP contribution in [-0.4, -0.2) is 25.2 Å². The number of benzene rings is 3. The Balaban J connectivity index is 1.43. The molecule has 7 heteroatoms. The molecule has 6 nitrogen and oxygen atoms in total. The number of nitrogens with one attached hydrogen (secondary N) is 1. The van der Waals surface area contributed by atoms with Crippen molar-refractivity contribution in [2.75, 3.05) is 23.4 Å². The molecule has 2 amide bonds. The van der Waals surface area contributed by atoms with Crippen molar-refractivity contribution in [2.24, 2.45) is 0 Å². The van der Waals surface area contributed by atoms with Gasteiger partial charge in [-0.05, 0) is 54.1 Å². The molecule has 3 aromatic rings. The lowest BCUT2D eigenvalue weighted by Crippen LogP contribution is -2.23. The number of nitrogens with zero attached hydrogens (tertiary/aromatic N) is 1. The fourth-order valence-electron chi connectivity index (χ4n) is 3.07. The highest BCUT2D eigenvalue weighted by atomic mass is 35.5. The number of anilines is 2. The van der Waals surface area contributed by atoms with Gasteiger partial charge in [0.15, 0.2) is 0 Å². The monoisotopic (exact) mass is 422 g/mol. The zero-order chi connectivity index (χ0) is 20.9. The van der Waals surface area contributed by atoms with Crippen molar-refractivity contribution in [1.29, 1.82) is 0 Å². The maximum absolute atomic E-state index is 12.8. The molecule has 0 radical (unpaired) electrons. The minimum absolute atomic E-state index is 0.282. The van der Waals surface area contributed by atoms with Crippen LogP contribution in [0.15, 0.2) is 72.8 Å². The SMILES string of the molecule is O=C(Nc1ccc(N2CCOC2=O)cc1)c1ccccc1OCc1ccc(Cl)cc1. The Labute approximate surface area is 179 Å². The molecular formula is C23H19ClN2O4. The summed E-state index contributed by atoms with van der Waals surface area (Å²) in [7, 11) is 0. The number of hydrogen-bond donors (Lipinski definition) is 1. The number of amides is 2. The molecule has 4 rings (SSSR count). The molecule has 0 bridgehead atoms. The van der Waals surface area contributed by atoms with Gasteiger partial charge in [-0.15, -0.1) is 0 Å². The van der Waals surface area contributed by atoms with Gasteiger partial charge >= 0.3 is 6.09 Å². The van der Waals surface area contributed by atoms with Gasteiger partial charge in [0, 0.05) is 16.4 Å². The number of rotatable bonds is 6. The van der Waals surface area contributed by atoms with E-state index in [2.05, 4.69) is 5.32 Å². The maximum Gasteiger partial charge on any atom is 0.414 e. The lowest BCUT2D eigenvalue weighted by Gasteiger charge is -2.14. The molecule has 1 heterocycles. The van der Waals surface area contributed by atoms with Crippen molar-refractivity contribution < 1.29 is 19.1 Å². The third kappa shape index (κ3) is 4.55. The van der Waals surface area contributed by atoms with E-state index in [4.69, 9.17) is 21.1 Å².